The number of ether oxygens (including phenoxy) is 2. The molecule has 0 saturated carbocycles. The van der Waals surface area contributed by atoms with Gasteiger partial charge in [0.1, 0.15) is 11.5 Å². The number of aromatic nitrogens is 1. The van der Waals surface area contributed by atoms with Gasteiger partial charge in [0, 0.05) is 12.1 Å². The van der Waals surface area contributed by atoms with Crippen LogP contribution in [-0.2, 0) is 9.59 Å². The Morgan fingerprint density at radius 2 is 1.63 bits per heavy atom. The minimum Gasteiger partial charge on any atom is -0.497 e. The first-order chi connectivity index (χ1) is 17.1. The predicted molar refractivity (Wildman–Crippen MR) is 137 cm³/mol. The summed E-state index contributed by atoms with van der Waals surface area (Å²) in [6.07, 6.45) is 0.718. The number of hydrogen-bond donors (Lipinski definition) is 1. The van der Waals surface area contributed by atoms with Crippen molar-refractivity contribution in [3.63, 3.8) is 0 Å². The summed E-state index contributed by atoms with van der Waals surface area (Å²) in [6, 6.07) is 22.2. The van der Waals surface area contributed by atoms with Crippen LogP contribution in [0.2, 0.25) is 0 Å². The van der Waals surface area contributed by atoms with Gasteiger partial charge in [-0.3, -0.25) is 9.59 Å². The second-order valence-corrected chi connectivity index (χ2v) is 9.33. The first kappa shape index (κ1) is 22.9. The molecule has 8 heteroatoms. The molecule has 2 amide bonds. The van der Waals surface area contributed by atoms with Crippen molar-refractivity contribution in [1.29, 1.82) is 0 Å². The highest BCUT2D eigenvalue weighted by molar-refractivity contribution is 7.22. The molecule has 0 unspecified atom stereocenters. The second-order valence-electron chi connectivity index (χ2n) is 8.30. The molecule has 0 radical (unpaired) electrons. The van der Waals surface area contributed by atoms with Crippen LogP contribution in [0.5, 0.6) is 11.5 Å². The maximum absolute atomic E-state index is 13.6. The van der Waals surface area contributed by atoms with E-state index in [9.17, 15) is 9.59 Å². The Labute approximate surface area is 207 Å². The smallest absolute Gasteiger partial charge is 0.231 e. The monoisotopic (exact) mass is 487 g/mol. The zero-order valence-corrected chi connectivity index (χ0v) is 20.2. The van der Waals surface area contributed by atoms with Crippen molar-refractivity contribution in [2.45, 2.75) is 18.9 Å². The topological polar surface area (TPSA) is 80.8 Å². The molecule has 2 atom stereocenters. The van der Waals surface area contributed by atoms with Gasteiger partial charge in [0.15, 0.2) is 5.13 Å². The molecule has 35 heavy (non-hydrogen) atoms. The van der Waals surface area contributed by atoms with Crippen molar-refractivity contribution >= 4 is 44.2 Å². The molecule has 2 heterocycles. The van der Waals surface area contributed by atoms with E-state index in [1.165, 1.54) is 11.3 Å². The molecule has 0 aliphatic carbocycles. The van der Waals surface area contributed by atoms with E-state index >= 15 is 0 Å². The Morgan fingerprint density at radius 3 is 2.29 bits per heavy atom. The molecule has 4 aromatic rings. The summed E-state index contributed by atoms with van der Waals surface area (Å²) in [5.41, 5.74) is 2.42. The van der Waals surface area contributed by atoms with E-state index < -0.39 is 12.0 Å². The number of benzene rings is 3. The van der Waals surface area contributed by atoms with Crippen molar-refractivity contribution in [1.82, 2.24) is 4.98 Å². The summed E-state index contributed by atoms with van der Waals surface area (Å²) in [7, 11) is 3.21. The van der Waals surface area contributed by atoms with E-state index in [0.29, 0.717) is 28.7 Å². The van der Waals surface area contributed by atoms with Gasteiger partial charge in [-0.2, -0.15) is 0 Å². The van der Waals surface area contributed by atoms with E-state index in [0.717, 1.165) is 15.8 Å². The van der Waals surface area contributed by atoms with Gasteiger partial charge in [-0.15, -0.1) is 0 Å². The first-order valence-corrected chi connectivity index (χ1v) is 12.2. The first-order valence-electron chi connectivity index (χ1n) is 11.3. The van der Waals surface area contributed by atoms with Crippen LogP contribution in [0, 0.1) is 5.92 Å². The third-order valence-corrected chi connectivity index (χ3v) is 7.22. The summed E-state index contributed by atoms with van der Waals surface area (Å²) in [5, 5.41) is 3.57. The number of para-hydroxylation sites is 1. The lowest BCUT2D eigenvalue weighted by Gasteiger charge is -2.40. The summed E-state index contributed by atoms with van der Waals surface area (Å²) in [5.74, 6) is 0.762. The fourth-order valence-corrected chi connectivity index (χ4v) is 5.39. The van der Waals surface area contributed by atoms with Crippen LogP contribution in [-0.4, -0.2) is 31.0 Å². The number of methoxy groups -OCH3 is 2. The van der Waals surface area contributed by atoms with E-state index in [2.05, 4.69) is 10.3 Å². The molecule has 1 aromatic heterocycles. The van der Waals surface area contributed by atoms with Crippen LogP contribution >= 0.6 is 11.3 Å². The lowest BCUT2D eigenvalue weighted by atomic mass is 9.83. The number of nitrogens with one attached hydrogen (secondary N) is 1. The standard InChI is InChI=1S/C27H25N3O4S/c1-33-19-11-7-17(8-12-19)25-21(26(32)29-27-28-22-5-3-4-6-23(22)35-27)15-16-24(31)30(25)18-9-13-20(34-2)14-10-18/h3-14,21,25H,15-16H2,1-2H3,(H,28,29,32)/t21-,25+/m0/s1. The van der Waals surface area contributed by atoms with Crippen LogP contribution in [0.3, 0.4) is 0 Å². The van der Waals surface area contributed by atoms with Crippen LogP contribution in [0.4, 0.5) is 10.8 Å². The molecule has 1 fully saturated rings. The fraction of sp³-hybridized carbons (Fsp3) is 0.222. The van der Waals surface area contributed by atoms with Crippen LogP contribution in [0.15, 0.2) is 72.8 Å². The van der Waals surface area contributed by atoms with Gasteiger partial charge >= 0.3 is 0 Å². The van der Waals surface area contributed by atoms with Crippen molar-refractivity contribution < 1.29 is 19.1 Å². The number of thiazole rings is 1. The predicted octanol–water partition coefficient (Wildman–Crippen LogP) is 5.44. The van der Waals surface area contributed by atoms with Gasteiger partial charge in [0.25, 0.3) is 0 Å². The Balaban J connectivity index is 1.51. The number of rotatable bonds is 6. The summed E-state index contributed by atoms with van der Waals surface area (Å²) in [6.45, 7) is 0. The summed E-state index contributed by atoms with van der Waals surface area (Å²) >= 11 is 1.44. The van der Waals surface area contributed by atoms with E-state index in [1.54, 1.807) is 19.1 Å². The fourth-order valence-electron chi connectivity index (χ4n) is 4.52. The van der Waals surface area contributed by atoms with Crippen molar-refractivity contribution in [3.8, 4) is 11.5 Å². The molecule has 7 nitrogen and oxygen atoms in total. The lowest BCUT2D eigenvalue weighted by molar-refractivity contribution is -0.125. The molecule has 0 bridgehead atoms. The van der Waals surface area contributed by atoms with E-state index in [-0.39, 0.29) is 18.2 Å². The van der Waals surface area contributed by atoms with Crippen LogP contribution < -0.4 is 19.7 Å². The molecule has 1 aliphatic rings. The number of nitrogens with zero attached hydrogens (tertiary/aromatic N) is 2. The SMILES string of the molecule is COc1ccc([C@@H]2[C@@H](C(=O)Nc3nc4ccccc4s3)CCC(=O)N2c2ccc(OC)cc2)cc1. The average molecular weight is 488 g/mol. The largest absolute Gasteiger partial charge is 0.497 e. The highest BCUT2D eigenvalue weighted by atomic mass is 32.1. The molecular weight excluding hydrogens is 462 g/mol. The van der Waals surface area contributed by atoms with E-state index in [4.69, 9.17) is 9.47 Å². The van der Waals surface area contributed by atoms with Crippen molar-refractivity contribution in [3.05, 3.63) is 78.4 Å². The zero-order valence-electron chi connectivity index (χ0n) is 19.4. The number of carbonyl (C=O) groups excluding carboxylic acids is 2. The lowest BCUT2D eigenvalue weighted by Crippen LogP contribution is -2.46. The zero-order chi connectivity index (χ0) is 24.4. The Kier molecular flexibility index (Phi) is 6.37. The van der Waals surface area contributed by atoms with Gasteiger partial charge in [0.05, 0.1) is 36.4 Å². The quantitative estimate of drug-likeness (QED) is 0.392. The number of hydrogen-bond acceptors (Lipinski definition) is 6. The van der Waals surface area contributed by atoms with Gasteiger partial charge in [-0.25, -0.2) is 4.98 Å². The summed E-state index contributed by atoms with van der Waals surface area (Å²) in [4.78, 5) is 33.1. The highest BCUT2D eigenvalue weighted by Crippen LogP contribution is 2.41. The molecule has 5 rings (SSSR count). The minimum atomic E-state index is -0.482. The van der Waals surface area contributed by atoms with Gasteiger partial charge in [-0.05, 0) is 60.5 Å². The van der Waals surface area contributed by atoms with Gasteiger partial charge < -0.3 is 19.7 Å². The Hall–Kier alpha value is -3.91. The Morgan fingerprint density at radius 1 is 0.971 bits per heavy atom. The van der Waals surface area contributed by atoms with Crippen LogP contribution in [0.25, 0.3) is 10.2 Å². The van der Waals surface area contributed by atoms with Gasteiger partial charge in [0.2, 0.25) is 11.8 Å². The summed E-state index contributed by atoms with van der Waals surface area (Å²) < 4.78 is 11.6. The molecule has 1 aliphatic heterocycles. The number of piperidine rings is 1. The molecular formula is C27H25N3O4S. The number of amides is 2. The maximum atomic E-state index is 13.6. The molecule has 1 N–H and O–H groups in total. The number of anilines is 2. The highest BCUT2D eigenvalue weighted by Gasteiger charge is 2.41. The number of carbonyl (C=O) groups is 2. The third-order valence-electron chi connectivity index (χ3n) is 6.27. The molecule has 3 aromatic carbocycles. The van der Waals surface area contributed by atoms with E-state index in [1.807, 2.05) is 72.8 Å². The minimum absolute atomic E-state index is 0.0278. The van der Waals surface area contributed by atoms with Crippen LogP contribution in [0.1, 0.15) is 24.4 Å². The molecule has 1 saturated heterocycles. The molecule has 0 spiro atoms. The molecule has 178 valence electrons. The van der Waals surface area contributed by atoms with Gasteiger partial charge in [-0.1, -0.05) is 35.6 Å². The second kappa shape index (κ2) is 9.76. The van der Waals surface area contributed by atoms with Crippen molar-refractivity contribution in [2.24, 2.45) is 5.92 Å². The van der Waals surface area contributed by atoms with Crippen molar-refractivity contribution in [2.75, 3.05) is 24.4 Å². The normalized spacial score (nSPS) is 17.9. The number of fused-ring (bicyclic) bond motifs is 1. The third kappa shape index (κ3) is 4.57. The average Bonchev–Trinajstić information content (AvgIpc) is 3.31. The maximum Gasteiger partial charge on any atom is 0.231 e. The Bertz CT molecular complexity index is 1320.